The van der Waals surface area contributed by atoms with Gasteiger partial charge in [-0.15, -0.1) is 0 Å². The first-order valence-electron chi connectivity index (χ1n) is 7.93. The second-order valence-corrected chi connectivity index (χ2v) is 6.90. The van der Waals surface area contributed by atoms with E-state index in [0.717, 1.165) is 36.6 Å². The summed E-state index contributed by atoms with van der Waals surface area (Å²) in [5.41, 5.74) is 0.921. The van der Waals surface area contributed by atoms with Gasteiger partial charge in [0.2, 0.25) is 5.91 Å². The van der Waals surface area contributed by atoms with Crippen LogP contribution in [0.1, 0.15) is 38.8 Å². The fourth-order valence-electron chi connectivity index (χ4n) is 2.68. The van der Waals surface area contributed by atoms with Gasteiger partial charge in [-0.2, -0.15) is 0 Å². The zero-order chi connectivity index (χ0) is 16.2. The molecule has 1 heterocycles. The van der Waals surface area contributed by atoms with Crippen LogP contribution in [0, 0.1) is 0 Å². The molecule has 1 fully saturated rings. The van der Waals surface area contributed by atoms with Crippen LogP contribution in [-0.4, -0.2) is 42.5 Å². The predicted octanol–water partition coefficient (Wildman–Crippen LogP) is 2.59. The van der Waals surface area contributed by atoms with Crippen LogP contribution in [0.25, 0.3) is 0 Å². The summed E-state index contributed by atoms with van der Waals surface area (Å²) in [6.07, 6.45) is 0.911. The quantitative estimate of drug-likeness (QED) is 0.875. The van der Waals surface area contributed by atoms with Crippen molar-refractivity contribution < 1.29 is 4.79 Å². The molecule has 2 N–H and O–H groups in total. The number of benzene rings is 1. The van der Waals surface area contributed by atoms with Gasteiger partial charge in [-0.3, -0.25) is 9.69 Å². The molecule has 0 bridgehead atoms. The van der Waals surface area contributed by atoms with Crippen molar-refractivity contribution in [3.8, 4) is 0 Å². The maximum atomic E-state index is 12.3. The summed E-state index contributed by atoms with van der Waals surface area (Å²) in [5.74, 6) is 0.0748. The first kappa shape index (κ1) is 17.3. The Labute approximate surface area is 138 Å². The second-order valence-electron chi connectivity index (χ2n) is 6.50. The third kappa shape index (κ3) is 4.45. The molecule has 1 atom stereocenters. The topological polar surface area (TPSA) is 44.4 Å². The molecule has 0 aromatic heterocycles. The van der Waals surface area contributed by atoms with Gasteiger partial charge < -0.3 is 10.6 Å². The van der Waals surface area contributed by atoms with Gasteiger partial charge in [0.25, 0.3) is 0 Å². The number of nitrogens with zero attached hydrogens (tertiary/aromatic N) is 1. The smallest absolute Gasteiger partial charge is 0.234 e. The van der Waals surface area contributed by atoms with Crippen LogP contribution < -0.4 is 10.6 Å². The Kier molecular flexibility index (Phi) is 5.84. The van der Waals surface area contributed by atoms with Crippen LogP contribution in [0.2, 0.25) is 5.02 Å². The molecule has 0 aliphatic carbocycles. The van der Waals surface area contributed by atoms with E-state index >= 15 is 0 Å². The molecular formula is C17H26ClN3O. The highest BCUT2D eigenvalue weighted by molar-refractivity contribution is 6.31. The summed E-state index contributed by atoms with van der Waals surface area (Å²) in [4.78, 5) is 14.5. The highest BCUT2D eigenvalue weighted by atomic mass is 35.5. The third-order valence-electron chi connectivity index (χ3n) is 4.33. The number of hydrogen-bond acceptors (Lipinski definition) is 3. The Bertz CT molecular complexity index is 518. The van der Waals surface area contributed by atoms with E-state index in [-0.39, 0.29) is 17.5 Å². The van der Waals surface area contributed by atoms with Gasteiger partial charge in [0.15, 0.2) is 0 Å². The van der Waals surface area contributed by atoms with E-state index in [9.17, 15) is 4.79 Å². The fourth-order valence-corrected chi connectivity index (χ4v) is 2.94. The molecule has 1 unspecified atom stereocenters. The van der Waals surface area contributed by atoms with Crippen LogP contribution in [0.4, 0.5) is 0 Å². The SMILES string of the molecule is CCC(C)(C)NC(=O)CN1CCNCC1c1ccccc1Cl. The maximum Gasteiger partial charge on any atom is 0.234 e. The maximum absolute atomic E-state index is 12.3. The van der Waals surface area contributed by atoms with Gasteiger partial charge in [-0.05, 0) is 31.9 Å². The van der Waals surface area contributed by atoms with Gasteiger partial charge in [0.1, 0.15) is 0 Å². The first-order valence-corrected chi connectivity index (χ1v) is 8.31. The molecule has 0 saturated carbocycles. The lowest BCUT2D eigenvalue weighted by Crippen LogP contribution is -2.52. The van der Waals surface area contributed by atoms with Crippen LogP contribution in [0.15, 0.2) is 24.3 Å². The first-order chi connectivity index (χ1) is 10.4. The predicted molar refractivity (Wildman–Crippen MR) is 91.1 cm³/mol. The van der Waals surface area contributed by atoms with E-state index in [0.29, 0.717) is 6.54 Å². The molecule has 0 radical (unpaired) electrons. The van der Waals surface area contributed by atoms with Crippen molar-refractivity contribution in [2.24, 2.45) is 0 Å². The molecule has 1 aromatic carbocycles. The van der Waals surface area contributed by atoms with Crippen LogP contribution >= 0.6 is 11.6 Å². The van der Waals surface area contributed by atoms with Crippen molar-refractivity contribution in [3.63, 3.8) is 0 Å². The molecule has 1 saturated heterocycles. The number of piperazine rings is 1. The highest BCUT2D eigenvalue weighted by Crippen LogP contribution is 2.28. The molecule has 1 aromatic rings. The van der Waals surface area contributed by atoms with E-state index in [1.807, 2.05) is 38.1 Å². The minimum atomic E-state index is -0.162. The van der Waals surface area contributed by atoms with Crippen LogP contribution in [-0.2, 0) is 4.79 Å². The lowest BCUT2D eigenvalue weighted by molar-refractivity contribution is -0.124. The Morgan fingerprint density at radius 1 is 1.45 bits per heavy atom. The summed E-state index contributed by atoms with van der Waals surface area (Å²) >= 11 is 6.33. The molecule has 0 spiro atoms. The summed E-state index contributed by atoms with van der Waals surface area (Å²) in [6, 6.07) is 8.01. The van der Waals surface area contributed by atoms with Gasteiger partial charge >= 0.3 is 0 Å². The van der Waals surface area contributed by atoms with Gasteiger partial charge in [-0.25, -0.2) is 0 Å². The molecule has 1 aliphatic rings. The average molecular weight is 324 g/mol. The van der Waals surface area contributed by atoms with Gasteiger partial charge in [-0.1, -0.05) is 36.7 Å². The van der Waals surface area contributed by atoms with E-state index in [1.54, 1.807) is 0 Å². The van der Waals surface area contributed by atoms with Crippen molar-refractivity contribution in [3.05, 3.63) is 34.9 Å². The number of carbonyl (C=O) groups is 1. The molecule has 22 heavy (non-hydrogen) atoms. The third-order valence-corrected chi connectivity index (χ3v) is 4.67. The zero-order valence-electron chi connectivity index (χ0n) is 13.7. The fraction of sp³-hybridized carbons (Fsp3) is 0.588. The molecule has 4 nitrogen and oxygen atoms in total. The molecule has 1 amide bonds. The Hall–Kier alpha value is -1.10. The monoisotopic (exact) mass is 323 g/mol. The van der Waals surface area contributed by atoms with Crippen molar-refractivity contribution >= 4 is 17.5 Å². The number of halogens is 1. The van der Waals surface area contributed by atoms with Crippen molar-refractivity contribution in [2.75, 3.05) is 26.2 Å². The standard InChI is InChI=1S/C17H26ClN3O/c1-4-17(2,3)20-16(22)12-21-10-9-19-11-15(21)13-7-5-6-8-14(13)18/h5-8,15,19H,4,9-12H2,1-3H3,(H,20,22). The molecule has 2 rings (SSSR count). The van der Waals surface area contributed by atoms with E-state index in [2.05, 4.69) is 22.5 Å². The van der Waals surface area contributed by atoms with E-state index in [1.165, 1.54) is 0 Å². The average Bonchev–Trinajstić information content (AvgIpc) is 2.48. The van der Waals surface area contributed by atoms with Gasteiger partial charge in [0.05, 0.1) is 6.54 Å². The Morgan fingerprint density at radius 2 is 2.18 bits per heavy atom. The Morgan fingerprint density at radius 3 is 2.86 bits per heavy atom. The molecular weight excluding hydrogens is 298 g/mol. The van der Waals surface area contributed by atoms with Crippen molar-refractivity contribution in [1.82, 2.24) is 15.5 Å². The largest absolute Gasteiger partial charge is 0.350 e. The summed E-state index contributed by atoms with van der Waals surface area (Å²) in [5, 5.41) is 7.26. The summed E-state index contributed by atoms with van der Waals surface area (Å²) in [7, 11) is 0. The number of hydrogen-bond donors (Lipinski definition) is 2. The van der Waals surface area contributed by atoms with Crippen molar-refractivity contribution in [2.45, 2.75) is 38.8 Å². The number of amides is 1. The number of nitrogens with one attached hydrogen (secondary N) is 2. The molecule has 1 aliphatic heterocycles. The minimum Gasteiger partial charge on any atom is -0.350 e. The minimum absolute atomic E-state index is 0.0748. The van der Waals surface area contributed by atoms with Gasteiger partial charge in [0, 0.05) is 36.2 Å². The summed E-state index contributed by atoms with van der Waals surface area (Å²) < 4.78 is 0. The molecule has 122 valence electrons. The second kappa shape index (κ2) is 7.44. The highest BCUT2D eigenvalue weighted by Gasteiger charge is 2.28. The zero-order valence-corrected chi connectivity index (χ0v) is 14.4. The number of carbonyl (C=O) groups excluding carboxylic acids is 1. The van der Waals surface area contributed by atoms with Crippen LogP contribution in [0.3, 0.4) is 0 Å². The van der Waals surface area contributed by atoms with Crippen molar-refractivity contribution in [1.29, 1.82) is 0 Å². The Balaban J connectivity index is 2.07. The van der Waals surface area contributed by atoms with E-state index in [4.69, 9.17) is 11.6 Å². The lowest BCUT2D eigenvalue weighted by Gasteiger charge is -2.37. The molecule has 5 heteroatoms. The van der Waals surface area contributed by atoms with E-state index < -0.39 is 0 Å². The summed E-state index contributed by atoms with van der Waals surface area (Å²) in [6.45, 7) is 9.14. The van der Waals surface area contributed by atoms with Crippen LogP contribution in [0.5, 0.6) is 0 Å². The number of rotatable bonds is 5. The lowest BCUT2D eigenvalue weighted by atomic mass is 10.0. The normalized spacial score (nSPS) is 19.9.